The summed E-state index contributed by atoms with van der Waals surface area (Å²) < 4.78 is 8.39. The van der Waals surface area contributed by atoms with E-state index in [2.05, 4.69) is 10.2 Å². The predicted octanol–water partition coefficient (Wildman–Crippen LogP) is 3.19. The molecule has 2 aromatic carbocycles. The maximum absolute atomic E-state index is 10.8. The van der Waals surface area contributed by atoms with Crippen LogP contribution in [0.15, 0.2) is 46.6 Å². The molecular formula is C17H16N4O4S. The minimum absolute atomic E-state index is 0.100. The second kappa shape index (κ2) is 7.36. The number of nitro benzene ring substituents is 1. The summed E-state index contributed by atoms with van der Waals surface area (Å²) in [6.07, 6.45) is 1.29. The first-order valence-corrected chi connectivity index (χ1v) is 8.58. The van der Waals surface area contributed by atoms with Crippen LogP contribution in [-0.2, 0) is 7.05 Å². The van der Waals surface area contributed by atoms with E-state index < -0.39 is 4.92 Å². The summed E-state index contributed by atoms with van der Waals surface area (Å²) in [5, 5.41) is 28.7. The largest absolute Gasteiger partial charge is 0.507 e. The Kier molecular flexibility index (Phi) is 4.99. The molecule has 8 nitrogen and oxygen atoms in total. The number of phenols is 1. The second-order valence-corrected chi connectivity index (χ2v) is 6.36. The van der Waals surface area contributed by atoms with Crippen LogP contribution < -0.4 is 9.54 Å². The summed E-state index contributed by atoms with van der Waals surface area (Å²) in [6, 6.07) is 9.52. The highest BCUT2D eigenvalue weighted by Gasteiger charge is 2.09. The second-order valence-electron chi connectivity index (χ2n) is 5.35. The molecule has 0 unspecified atom stereocenters. The van der Waals surface area contributed by atoms with E-state index in [1.807, 2.05) is 36.7 Å². The summed E-state index contributed by atoms with van der Waals surface area (Å²) >= 11 is 1.44. The Balaban J connectivity index is 1.95. The molecule has 1 heterocycles. The van der Waals surface area contributed by atoms with Crippen molar-refractivity contribution >= 4 is 33.5 Å². The van der Waals surface area contributed by atoms with Crippen LogP contribution in [0, 0.1) is 10.1 Å². The third-order valence-electron chi connectivity index (χ3n) is 3.65. The molecule has 1 N–H and O–H groups in total. The van der Waals surface area contributed by atoms with Gasteiger partial charge >= 0.3 is 0 Å². The number of ether oxygens (including phenoxy) is 1. The Morgan fingerprint density at radius 2 is 2.15 bits per heavy atom. The molecule has 0 aliphatic heterocycles. The van der Waals surface area contributed by atoms with Gasteiger partial charge in [-0.05, 0) is 31.2 Å². The number of fused-ring (bicyclic) bond motifs is 1. The zero-order chi connectivity index (χ0) is 18.7. The van der Waals surface area contributed by atoms with Gasteiger partial charge in [0.25, 0.3) is 5.69 Å². The lowest BCUT2D eigenvalue weighted by atomic mass is 10.2. The number of aromatic nitrogens is 1. The monoisotopic (exact) mass is 372 g/mol. The van der Waals surface area contributed by atoms with Gasteiger partial charge in [0, 0.05) is 24.7 Å². The molecule has 3 aromatic rings. The van der Waals surface area contributed by atoms with E-state index in [9.17, 15) is 15.2 Å². The van der Waals surface area contributed by atoms with Gasteiger partial charge in [-0.25, -0.2) is 0 Å². The SMILES string of the molecule is CCOc1ccc2c(c1)sc(=NN=Cc1cc([N+](=O)[O-])ccc1O)n2C. The van der Waals surface area contributed by atoms with Crippen molar-refractivity contribution in [2.24, 2.45) is 17.3 Å². The Morgan fingerprint density at radius 1 is 1.35 bits per heavy atom. The third kappa shape index (κ3) is 3.57. The molecule has 0 aliphatic carbocycles. The highest BCUT2D eigenvalue weighted by molar-refractivity contribution is 7.16. The number of phenolic OH excluding ortho intramolecular Hbond substituents is 1. The molecule has 0 atom stereocenters. The van der Waals surface area contributed by atoms with Gasteiger partial charge < -0.3 is 14.4 Å². The standard InChI is InChI=1S/C17H16N4O4S/c1-3-25-13-5-6-14-16(9-13)26-17(20(14)2)19-18-10-11-8-12(21(23)24)4-7-15(11)22/h4-10,22H,3H2,1-2H3. The number of benzene rings is 2. The summed E-state index contributed by atoms with van der Waals surface area (Å²) in [5.74, 6) is 0.690. The van der Waals surface area contributed by atoms with Crippen LogP contribution in [0.2, 0.25) is 0 Å². The summed E-state index contributed by atoms with van der Waals surface area (Å²) in [4.78, 5) is 10.9. The van der Waals surface area contributed by atoms with Crippen LogP contribution in [0.5, 0.6) is 11.5 Å². The van der Waals surface area contributed by atoms with Gasteiger partial charge in [0.15, 0.2) is 0 Å². The van der Waals surface area contributed by atoms with Gasteiger partial charge in [-0.2, -0.15) is 5.10 Å². The van der Waals surface area contributed by atoms with Crippen LogP contribution in [0.1, 0.15) is 12.5 Å². The van der Waals surface area contributed by atoms with Crippen molar-refractivity contribution in [2.45, 2.75) is 6.92 Å². The fourth-order valence-electron chi connectivity index (χ4n) is 2.37. The van der Waals surface area contributed by atoms with Crippen LogP contribution in [0.3, 0.4) is 0 Å². The van der Waals surface area contributed by atoms with Crippen LogP contribution in [0.4, 0.5) is 5.69 Å². The molecule has 0 saturated carbocycles. The fraction of sp³-hybridized carbons (Fsp3) is 0.176. The summed E-state index contributed by atoms with van der Waals surface area (Å²) in [5.41, 5.74) is 1.09. The van der Waals surface area contributed by atoms with E-state index in [1.165, 1.54) is 35.8 Å². The summed E-state index contributed by atoms with van der Waals surface area (Å²) in [7, 11) is 1.87. The highest BCUT2D eigenvalue weighted by atomic mass is 32.1. The molecule has 0 aliphatic rings. The smallest absolute Gasteiger partial charge is 0.270 e. The Labute approximate surface area is 152 Å². The fourth-order valence-corrected chi connectivity index (χ4v) is 3.37. The maximum atomic E-state index is 10.8. The number of rotatable bonds is 5. The first kappa shape index (κ1) is 17.6. The first-order valence-electron chi connectivity index (χ1n) is 7.76. The van der Waals surface area contributed by atoms with Gasteiger partial charge in [0.2, 0.25) is 4.80 Å². The molecule has 9 heteroatoms. The topological polar surface area (TPSA) is 102 Å². The van der Waals surface area contributed by atoms with Crippen molar-refractivity contribution < 1.29 is 14.8 Å². The predicted molar refractivity (Wildman–Crippen MR) is 99.9 cm³/mol. The van der Waals surface area contributed by atoms with Crippen LogP contribution in [-0.4, -0.2) is 27.4 Å². The van der Waals surface area contributed by atoms with E-state index in [0.29, 0.717) is 11.4 Å². The van der Waals surface area contributed by atoms with Crippen LogP contribution >= 0.6 is 11.3 Å². The number of thiazole rings is 1. The number of hydrogen-bond acceptors (Lipinski definition) is 7. The van der Waals surface area contributed by atoms with Gasteiger partial charge in [-0.15, -0.1) is 5.10 Å². The van der Waals surface area contributed by atoms with E-state index >= 15 is 0 Å². The van der Waals surface area contributed by atoms with Gasteiger partial charge in [-0.3, -0.25) is 10.1 Å². The minimum Gasteiger partial charge on any atom is -0.507 e. The minimum atomic E-state index is -0.532. The zero-order valence-corrected chi connectivity index (χ0v) is 14.9. The van der Waals surface area contributed by atoms with Crippen molar-refractivity contribution in [2.75, 3.05) is 6.61 Å². The zero-order valence-electron chi connectivity index (χ0n) is 14.1. The molecule has 1 aromatic heterocycles. The molecule has 0 spiro atoms. The van der Waals surface area contributed by atoms with E-state index in [4.69, 9.17) is 4.74 Å². The lowest BCUT2D eigenvalue weighted by Gasteiger charge is -2.02. The molecule has 26 heavy (non-hydrogen) atoms. The molecule has 0 fully saturated rings. The first-order chi connectivity index (χ1) is 12.5. The van der Waals surface area contributed by atoms with Gasteiger partial charge in [0.05, 0.1) is 28.0 Å². The van der Waals surface area contributed by atoms with Crippen molar-refractivity contribution in [1.82, 2.24) is 4.57 Å². The lowest BCUT2D eigenvalue weighted by molar-refractivity contribution is -0.384. The van der Waals surface area contributed by atoms with E-state index in [-0.39, 0.29) is 17.0 Å². The quantitative estimate of drug-likeness (QED) is 0.422. The normalized spacial score (nSPS) is 12.2. The molecule has 0 radical (unpaired) electrons. The number of non-ortho nitro benzene ring substituents is 1. The number of aromatic hydroxyl groups is 1. The van der Waals surface area contributed by atoms with Gasteiger partial charge in [-0.1, -0.05) is 11.3 Å². The molecule has 0 bridgehead atoms. The molecule has 0 amide bonds. The average molecular weight is 372 g/mol. The molecule has 134 valence electrons. The Hall–Kier alpha value is -3.20. The van der Waals surface area contributed by atoms with Gasteiger partial charge in [0.1, 0.15) is 11.5 Å². The average Bonchev–Trinajstić information content (AvgIpc) is 2.92. The third-order valence-corrected chi connectivity index (χ3v) is 4.74. The van der Waals surface area contributed by atoms with Crippen molar-refractivity contribution in [3.63, 3.8) is 0 Å². The van der Waals surface area contributed by atoms with Crippen molar-refractivity contribution in [3.8, 4) is 11.5 Å². The number of nitrogens with zero attached hydrogens (tertiary/aromatic N) is 4. The molecular weight excluding hydrogens is 356 g/mol. The van der Waals surface area contributed by atoms with E-state index in [0.717, 1.165) is 16.0 Å². The molecule has 0 saturated heterocycles. The number of aryl methyl sites for hydroxylation is 1. The summed E-state index contributed by atoms with van der Waals surface area (Å²) in [6.45, 7) is 2.52. The number of nitro groups is 1. The Morgan fingerprint density at radius 3 is 2.88 bits per heavy atom. The lowest BCUT2D eigenvalue weighted by Crippen LogP contribution is -2.08. The van der Waals surface area contributed by atoms with E-state index in [1.54, 1.807) is 0 Å². The highest BCUT2D eigenvalue weighted by Crippen LogP contribution is 2.23. The number of hydrogen-bond donors (Lipinski definition) is 1. The van der Waals surface area contributed by atoms with Crippen molar-refractivity contribution in [3.05, 3.63) is 56.9 Å². The maximum Gasteiger partial charge on any atom is 0.270 e. The Bertz CT molecular complexity index is 1070. The van der Waals surface area contributed by atoms with Crippen LogP contribution in [0.25, 0.3) is 10.2 Å². The molecule has 3 rings (SSSR count). The van der Waals surface area contributed by atoms with Crippen molar-refractivity contribution in [1.29, 1.82) is 0 Å².